The lowest BCUT2D eigenvalue weighted by atomic mass is 10.0. The van der Waals surface area contributed by atoms with Crippen molar-refractivity contribution in [2.75, 3.05) is 0 Å². The number of rotatable bonds is 4. The van der Waals surface area contributed by atoms with E-state index < -0.39 is 0 Å². The van der Waals surface area contributed by atoms with Gasteiger partial charge in [0.15, 0.2) is 0 Å². The summed E-state index contributed by atoms with van der Waals surface area (Å²) >= 11 is 0. The van der Waals surface area contributed by atoms with Crippen LogP contribution in [0.15, 0.2) is 36.4 Å². The molecule has 1 nitrogen and oxygen atoms in total. The van der Waals surface area contributed by atoms with Crippen molar-refractivity contribution in [1.29, 1.82) is 0 Å². The van der Waals surface area contributed by atoms with E-state index in [4.69, 9.17) is 0 Å². The molecule has 1 aliphatic carbocycles. The highest BCUT2D eigenvalue weighted by atomic mass is 14.9. The zero-order valence-electron chi connectivity index (χ0n) is 11.5. The van der Waals surface area contributed by atoms with Gasteiger partial charge in [-0.2, -0.15) is 0 Å². The summed E-state index contributed by atoms with van der Waals surface area (Å²) in [6, 6.07) is 9.33. The Balaban J connectivity index is 1.91. The Bertz CT molecular complexity index is 381. The normalized spacial score (nSPS) is 22.2. The molecule has 18 heavy (non-hydrogen) atoms. The number of hydrogen-bond acceptors (Lipinski definition) is 1. The van der Waals surface area contributed by atoms with Gasteiger partial charge in [-0.1, -0.05) is 56.2 Å². The summed E-state index contributed by atoms with van der Waals surface area (Å²) in [5.74, 6) is 0. The standard InChI is InChI=1S/C17H25N/c1-2-15-10-8-9-11-16(15)14-18-17-12-6-4-3-5-7-13-17/h6,8-12,17-18H,2-5,7,13-14H2,1H3/b12-6+. The van der Waals surface area contributed by atoms with Crippen molar-refractivity contribution in [2.45, 2.75) is 58.0 Å². The molecule has 1 aromatic carbocycles. The molecule has 0 saturated heterocycles. The van der Waals surface area contributed by atoms with Crippen LogP contribution in [0, 0.1) is 0 Å². The van der Waals surface area contributed by atoms with Crippen molar-refractivity contribution < 1.29 is 0 Å². The van der Waals surface area contributed by atoms with Gasteiger partial charge in [-0.3, -0.25) is 0 Å². The quantitative estimate of drug-likeness (QED) is 0.780. The molecule has 0 spiro atoms. The molecule has 98 valence electrons. The molecule has 0 fully saturated rings. The number of aryl methyl sites for hydroxylation is 1. The Morgan fingerprint density at radius 1 is 1.11 bits per heavy atom. The minimum Gasteiger partial charge on any atom is -0.306 e. The smallest absolute Gasteiger partial charge is 0.0253 e. The van der Waals surface area contributed by atoms with Gasteiger partial charge < -0.3 is 5.32 Å². The van der Waals surface area contributed by atoms with Crippen LogP contribution in [0.25, 0.3) is 0 Å². The zero-order chi connectivity index (χ0) is 12.6. The van der Waals surface area contributed by atoms with Gasteiger partial charge in [-0.15, -0.1) is 0 Å². The highest BCUT2D eigenvalue weighted by Crippen LogP contribution is 2.14. The van der Waals surface area contributed by atoms with E-state index in [1.165, 1.54) is 43.2 Å². The van der Waals surface area contributed by atoms with Gasteiger partial charge in [0, 0.05) is 12.6 Å². The van der Waals surface area contributed by atoms with Gasteiger partial charge in [-0.25, -0.2) is 0 Å². The lowest BCUT2D eigenvalue weighted by Gasteiger charge is -2.18. The number of hydrogen-bond donors (Lipinski definition) is 1. The van der Waals surface area contributed by atoms with Gasteiger partial charge in [-0.05, 0) is 36.8 Å². The molecule has 2 rings (SSSR count). The van der Waals surface area contributed by atoms with Crippen LogP contribution < -0.4 is 5.32 Å². The first-order valence-electron chi connectivity index (χ1n) is 7.37. The van der Waals surface area contributed by atoms with Gasteiger partial charge >= 0.3 is 0 Å². The average molecular weight is 243 g/mol. The van der Waals surface area contributed by atoms with Crippen LogP contribution >= 0.6 is 0 Å². The molecular weight excluding hydrogens is 218 g/mol. The van der Waals surface area contributed by atoms with Crippen molar-refractivity contribution in [3.05, 3.63) is 47.5 Å². The van der Waals surface area contributed by atoms with Crippen molar-refractivity contribution in [3.8, 4) is 0 Å². The summed E-state index contributed by atoms with van der Waals surface area (Å²) < 4.78 is 0. The summed E-state index contributed by atoms with van der Waals surface area (Å²) in [5.41, 5.74) is 2.93. The summed E-state index contributed by atoms with van der Waals surface area (Å²) in [4.78, 5) is 0. The first kappa shape index (κ1) is 13.4. The van der Waals surface area contributed by atoms with Crippen molar-refractivity contribution in [1.82, 2.24) is 5.32 Å². The molecule has 1 heteroatoms. The third-order valence-electron chi connectivity index (χ3n) is 3.81. The fraction of sp³-hybridized carbons (Fsp3) is 0.529. The summed E-state index contributed by atoms with van der Waals surface area (Å²) in [6.07, 6.45) is 12.5. The van der Waals surface area contributed by atoms with E-state index in [9.17, 15) is 0 Å². The number of benzene rings is 1. The SMILES string of the molecule is CCc1ccccc1CNC1/C=C/CCCCC1. The fourth-order valence-electron chi connectivity index (χ4n) is 2.65. The van der Waals surface area contributed by atoms with Crippen LogP contribution in [0.3, 0.4) is 0 Å². The molecule has 1 aliphatic rings. The van der Waals surface area contributed by atoms with Gasteiger partial charge in [0.2, 0.25) is 0 Å². The molecule has 0 aromatic heterocycles. The first-order chi connectivity index (χ1) is 8.90. The average Bonchev–Trinajstić information content (AvgIpc) is 2.38. The second kappa shape index (κ2) is 7.38. The highest BCUT2D eigenvalue weighted by molar-refractivity contribution is 5.27. The Morgan fingerprint density at radius 3 is 2.78 bits per heavy atom. The molecule has 0 amide bonds. The second-order valence-electron chi connectivity index (χ2n) is 5.18. The molecule has 1 atom stereocenters. The third kappa shape index (κ3) is 3.99. The van der Waals surface area contributed by atoms with Gasteiger partial charge in [0.1, 0.15) is 0 Å². The van der Waals surface area contributed by atoms with Crippen LogP contribution in [0.1, 0.15) is 50.2 Å². The van der Waals surface area contributed by atoms with E-state index in [2.05, 4.69) is 48.7 Å². The lowest BCUT2D eigenvalue weighted by molar-refractivity contribution is 0.507. The minimum absolute atomic E-state index is 0.565. The van der Waals surface area contributed by atoms with E-state index in [0.29, 0.717) is 6.04 Å². The maximum atomic E-state index is 3.69. The van der Waals surface area contributed by atoms with Crippen LogP contribution in [0.4, 0.5) is 0 Å². The third-order valence-corrected chi connectivity index (χ3v) is 3.81. The molecule has 0 heterocycles. The van der Waals surface area contributed by atoms with E-state index in [0.717, 1.165) is 13.0 Å². The maximum Gasteiger partial charge on any atom is 0.0253 e. The Kier molecular flexibility index (Phi) is 5.47. The number of nitrogens with one attached hydrogen (secondary N) is 1. The van der Waals surface area contributed by atoms with Crippen molar-refractivity contribution in [2.24, 2.45) is 0 Å². The van der Waals surface area contributed by atoms with Crippen LogP contribution in [-0.2, 0) is 13.0 Å². The Labute approximate surface area is 111 Å². The van der Waals surface area contributed by atoms with E-state index in [1.807, 2.05) is 0 Å². The van der Waals surface area contributed by atoms with Gasteiger partial charge in [0.25, 0.3) is 0 Å². The summed E-state index contributed by atoms with van der Waals surface area (Å²) in [5, 5.41) is 3.69. The monoisotopic (exact) mass is 243 g/mol. The van der Waals surface area contributed by atoms with E-state index in [1.54, 1.807) is 0 Å². The molecule has 0 bridgehead atoms. The lowest BCUT2D eigenvalue weighted by Crippen LogP contribution is -2.27. The largest absolute Gasteiger partial charge is 0.306 e. The topological polar surface area (TPSA) is 12.0 Å². The Morgan fingerprint density at radius 2 is 1.94 bits per heavy atom. The maximum absolute atomic E-state index is 3.69. The minimum atomic E-state index is 0.565. The Hall–Kier alpha value is -1.08. The first-order valence-corrected chi connectivity index (χ1v) is 7.37. The molecule has 0 aliphatic heterocycles. The molecule has 0 saturated carbocycles. The van der Waals surface area contributed by atoms with E-state index in [-0.39, 0.29) is 0 Å². The second-order valence-corrected chi connectivity index (χ2v) is 5.18. The molecule has 1 aromatic rings. The summed E-state index contributed by atoms with van der Waals surface area (Å²) in [6.45, 7) is 3.23. The zero-order valence-corrected chi connectivity index (χ0v) is 11.5. The van der Waals surface area contributed by atoms with Gasteiger partial charge in [0.05, 0.1) is 0 Å². The van der Waals surface area contributed by atoms with Crippen LogP contribution in [0.5, 0.6) is 0 Å². The van der Waals surface area contributed by atoms with Crippen LogP contribution in [0.2, 0.25) is 0 Å². The van der Waals surface area contributed by atoms with Crippen molar-refractivity contribution in [3.63, 3.8) is 0 Å². The molecular formula is C17H25N. The predicted octanol–water partition coefficient (Wildman–Crippen LogP) is 4.23. The molecule has 1 unspecified atom stereocenters. The fourth-order valence-corrected chi connectivity index (χ4v) is 2.65. The molecule has 1 N–H and O–H groups in total. The molecule has 0 radical (unpaired) electrons. The summed E-state index contributed by atoms with van der Waals surface area (Å²) in [7, 11) is 0. The van der Waals surface area contributed by atoms with Crippen molar-refractivity contribution >= 4 is 0 Å². The number of allylic oxidation sites excluding steroid dienone is 1. The van der Waals surface area contributed by atoms with Crippen LogP contribution in [-0.4, -0.2) is 6.04 Å². The highest BCUT2D eigenvalue weighted by Gasteiger charge is 2.07. The predicted molar refractivity (Wildman–Crippen MR) is 78.7 cm³/mol. The van der Waals surface area contributed by atoms with E-state index >= 15 is 0 Å².